The Morgan fingerprint density at radius 3 is 0.721 bits per heavy atom. The molecule has 2 heterocycles. The number of carbonyl (C=O) groups is 6. The maximum Gasteiger partial charge on any atom is 0.280 e. The topological polar surface area (TPSA) is 373 Å². The van der Waals surface area contributed by atoms with Crippen LogP contribution in [0.3, 0.4) is 0 Å². The number of ether oxygens (including phenoxy) is 26. The van der Waals surface area contributed by atoms with E-state index in [1.165, 1.54) is 36.4 Å². The Labute approximate surface area is 791 Å². The van der Waals surface area contributed by atoms with Crippen LogP contribution in [0, 0.1) is 0 Å². The highest BCUT2D eigenvalue weighted by Gasteiger charge is 2.42. The number of amides is 6. The molecule has 136 heavy (non-hydrogen) atoms. The molecule has 0 saturated carbocycles. The summed E-state index contributed by atoms with van der Waals surface area (Å²) in [7, 11) is 9.49. The molecule has 9 aromatic rings. The van der Waals surface area contributed by atoms with Gasteiger partial charge < -0.3 is 123 Å². The van der Waals surface area contributed by atoms with Gasteiger partial charge >= 0.3 is 0 Å². The van der Waals surface area contributed by atoms with Crippen molar-refractivity contribution in [2.75, 3.05) is 281 Å². The minimum atomic E-state index is -0.951. The average molecular weight is 1900 g/mol. The minimum Gasteiger partial charge on any atom is -0.487 e. The lowest BCUT2D eigenvalue weighted by molar-refractivity contribution is 0.0146. The zero-order valence-corrected chi connectivity index (χ0v) is 79.8. The van der Waals surface area contributed by atoms with E-state index in [9.17, 15) is 0 Å². The minimum absolute atomic E-state index is 0.00871. The number of nitrogens with one attached hydrogen (secondary N) is 2. The summed E-state index contributed by atoms with van der Waals surface area (Å²) < 4.78 is 152. The van der Waals surface area contributed by atoms with Crippen LogP contribution in [-0.4, -0.2) is 326 Å². The zero-order valence-electron chi connectivity index (χ0n) is 79.8. The van der Waals surface area contributed by atoms with E-state index in [1.54, 1.807) is 91.2 Å². The second kappa shape index (κ2) is 54.9. The highest BCUT2D eigenvalue weighted by Crippen LogP contribution is 2.54. The van der Waals surface area contributed by atoms with E-state index in [0.29, 0.717) is 146 Å². The first-order chi connectivity index (χ1) is 66.1. The maximum atomic E-state index is 16.0. The Hall–Kier alpha value is -10.8. The number of hydrazine groups is 2. The molecule has 36 nitrogen and oxygen atoms in total. The monoisotopic (exact) mass is 1900 g/mol. The van der Waals surface area contributed by atoms with Crippen LogP contribution in [0.4, 0.5) is 0 Å². The van der Waals surface area contributed by atoms with E-state index in [0.717, 1.165) is 11.1 Å². The molecule has 0 saturated heterocycles. The summed E-state index contributed by atoms with van der Waals surface area (Å²) in [5.74, 6) is -4.42. The number of imide groups is 2. The molecule has 2 aliphatic heterocycles. The number of methoxy groups -OCH3 is 6. The molecule has 0 radical (unpaired) electrons. The van der Waals surface area contributed by atoms with Gasteiger partial charge in [-0.1, -0.05) is 77.9 Å². The Morgan fingerprint density at radius 2 is 0.478 bits per heavy atom. The van der Waals surface area contributed by atoms with E-state index in [4.69, 9.17) is 123 Å². The first-order valence-corrected chi connectivity index (χ1v) is 45.4. The molecule has 0 fully saturated rings. The van der Waals surface area contributed by atoms with Crippen LogP contribution in [0.15, 0.2) is 109 Å². The molecule has 6 amide bonds. The lowest BCUT2D eigenvalue weighted by Crippen LogP contribution is -2.51. The van der Waals surface area contributed by atoms with E-state index >= 15 is 28.8 Å². The number of hydrogen-bond acceptors (Lipinski definition) is 32. The van der Waals surface area contributed by atoms with Crippen molar-refractivity contribution in [2.45, 2.75) is 52.4 Å². The quantitative estimate of drug-likeness (QED) is 0.0155. The maximum absolute atomic E-state index is 16.0. The third kappa shape index (κ3) is 29.6. The van der Waals surface area contributed by atoms with Crippen molar-refractivity contribution in [1.29, 1.82) is 0 Å². The number of carbonyl (C=O) groups excluding carboxylic acids is 6. The smallest absolute Gasteiger partial charge is 0.280 e. The van der Waals surface area contributed by atoms with Crippen molar-refractivity contribution in [3.05, 3.63) is 154 Å². The van der Waals surface area contributed by atoms with Crippen molar-refractivity contribution in [3.63, 3.8) is 0 Å². The van der Waals surface area contributed by atoms with Gasteiger partial charge in [0.1, 0.15) is 62.6 Å². The Balaban J connectivity index is 0.993. The van der Waals surface area contributed by atoms with Crippen molar-refractivity contribution in [3.8, 4) is 57.5 Å². The van der Waals surface area contributed by atoms with Crippen molar-refractivity contribution >= 4 is 78.5 Å². The summed E-state index contributed by atoms with van der Waals surface area (Å²) in [5.41, 5.74) is 6.30. The van der Waals surface area contributed by atoms with Crippen LogP contribution < -0.4 is 48.7 Å². The van der Waals surface area contributed by atoms with E-state index in [1.807, 2.05) is 24.3 Å². The first kappa shape index (κ1) is 106. The summed E-state index contributed by atoms with van der Waals surface area (Å²) >= 11 is 0. The SMILES string of the molecule is COCCOCCOCCOc1cc(C(=O)NN2C(=O)c3ccc4c5c(Oc6ccc(C(C)(C)C)cc6)cc6c7c(ccc(c8c(Oc9ccc(C(C)(C)C)cc9)cc(c3c48)C2=O)c75)C(=O)N(NC(=O)c2cc(OCCOCCOCCOC)c(OCCOCCOCCOC)c(OCCOCCOCCOC)c2)C6=O)cc(OCCOCCOCCOC)c1OCCOCCOCCOC. The van der Waals surface area contributed by atoms with Gasteiger partial charge in [0.05, 0.1) is 220 Å². The van der Waals surface area contributed by atoms with Gasteiger partial charge in [-0.05, 0) is 106 Å². The van der Waals surface area contributed by atoms with Crippen molar-refractivity contribution in [2.24, 2.45) is 0 Å². The molecule has 0 aromatic heterocycles. The van der Waals surface area contributed by atoms with Crippen LogP contribution in [-0.2, 0) is 96.1 Å². The summed E-state index contributed by atoms with van der Waals surface area (Å²) in [6, 6.07) is 30.0. The van der Waals surface area contributed by atoms with Gasteiger partial charge in [0.2, 0.25) is 11.5 Å². The van der Waals surface area contributed by atoms with Crippen LogP contribution in [0.5, 0.6) is 57.5 Å². The van der Waals surface area contributed by atoms with Crippen molar-refractivity contribution in [1.82, 2.24) is 20.9 Å². The summed E-state index contributed by atoms with van der Waals surface area (Å²) in [6.07, 6.45) is 0. The number of fused-ring (bicyclic) bond motifs is 2. The lowest BCUT2D eigenvalue weighted by Gasteiger charge is -2.31. The highest BCUT2D eigenvalue weighted by molar-refractivity contribution is 6.43. The Morgan fingerprint density at radius 1 is 0.250 bits per heavy atom. The predicted molar refractivity (Wildman–Crippen MR) is 501 cm³/mol. The first-order valence-electron chi connectivity index (χ1n) is 45.4. The van der Waals surface area contributed by atoms with Gasteiger partial charge in [0, 0.05) is 86.1 Å². The second-order valence-electron chi connectivity index (χ2n) is 32.9. The third-order valence-corrected chi connectivity index (χ3v) is 21.4. The summed E-state index contributed by atoms with van der Waals surface area (Å²) in [6.45, 7) is 20.6. The van der Waals surface area contributed by atoms with Crippen LogP contribution in [0.1, 0.15) is 115 Å². The zero-order chi connectivity index (χ0) is 96.6. The second-order valence-corrected chi connectivity index (χ2v) is 32.9. The van der Waals surface area contributed by atoms with Gasteiger partial charge in [-0.3, -0.25) is 39.6 Å². The molecule has 740 valence electrons. The largest absolute Gasteiger partial charge is 0.487 e. The molecule has 0 unspecified atom stereocenters. The molecule has 2 aliphatic rings. The molecule has 0 spiro atoms. The molecule has 36 heteroatoms. The van der Waals surface area contributed by atoms with Gasteiger partial charge in [-0.15, -0.1) is 0 Å². The Bertz CT molecular complexity index is 4900. The molecular weight excluding hydrogens is 1770 g/mol. The number of rotatable bonds is 68. The lowest BCUT2D eigenvalue weighted by atomic mass is 9.81. The highest BCUT2D eigenvalue weighted by atomic mass is 16.6. The number of nitrogens with zero attached hydrogens (tertiary/aromatic N) is 2. The Kier molecular flexibility index (Phi) is 42.7. The van der Waals surface area contributed by atoms with E-state index in [-0.39, 0.29) is 246 Å². The van der Waals surface area contributed by atoms with Crippen molar-refractivity contribution < 1.29 is 152 Å². The number of hydrogen-bond donors (Lipinski definition) is 2. The van der Waals surface area contributed by atoms with E-state index in [2.05, 4.69) is 52.4 Å². The fraction of sp³-hybridized carbons (Fsp3) is 0.500. The van der Waals surface area contributed by atoms with Gasteiger partial charge in [0.15, 0.2) is 23.0 Å². The average Bonchev–Trinajstić information content (AvgIpc) is 0.678. The molecule has 0 atom stereocenters. The standard InChI is InChI=1S/C100H128N4O32/c1-99(2,3)69-13-17-71(18-14-69)135-79-65-77-85-75(95(107)103(97(77)109)101-93(105)67-61-81(129-55-49-123-43-37-117-31-25-111-7)91(133-59-53-127-47-41-121-35-29-115-11)82(62-67)130-56-50-124-44-38-118-32-26-112-8)24-22-74-88-80(136-72-19-15-70(16-20-72)100(4,5)6)66-78-86-76(23-21-73(90(86)88)87(79)89(74)85)96(108)104(98(78)110)102-94(106)68-63-83(131-57-51-125-45-39-119-33-27-113-9)92(134-60-54-128-48-42-122-36-30-116-12)84(64-68)132-58-52-126-46-40-120-34-28-114-10/h13-24,61-66H,25-60H2,1-12H3,(H,101,105)(H,102,106). The predicted octanol–water partition coefficient (Wildman–Crippen LogP) is 12.1. The molecule has 0 bridgehead atoms. The summed E-state index contributed by atoms with van der Waals surface area (Å²) in [4.78, 5) is 94.3. The van der Waals surface area contributed by atoms with Crippen LogP contribution in [0.2, 0.25) is 0 Å². The van der Waals surface area contributed by atoms with Crippen LogP contribution >= 0.6 is 0 Å². The van der Waals surface area contributed by atoms with Gasteiger partial charge in [0.25, 0.3) is 35.4 Å². The molecule has 2 N–H and O–H groups in total. The fourth-order valence-electron chi connectivity index (χ4n) is 14.6. The number of benzene rings is 9. The normalized spacial score (nSPS) is 12.8. The third-order valence-electron chi connectivity index (χ3n) is 21.4. The van der Waals surface area contributed by atoms with Crippen LogP contribution in [0.25, 0.3) is 43.1 Å². The van der Waals surface area contributed by atoms with Gasteiger partial charge in [-0.25, -0.2) is 0 Å². The molecular formula is C100H128N4O32. The molecule has 0 aliphatic carbocycles. The molecule has 9 aromatic carbocycles. The van der Waals surface area contributed by atoms with Gasteiger partial charge in [-0.2, -0.15) is 10.0 Å². The van der Waals surface area contributed by atoms with E-state index < -0.39 is 35.4 Å². The molecule has 11 rings (SSSR count). The summed E-state index contributed by atoms with van der Waals surface area (Å²) in [5, 5.41) is 3.86. The fourth-order valence-corrected chi connectivity index (χ4v) is 14.6.